The van der Waals surface area contributed by atoms with Gasteiger partial charge in [-0.15, -0.1) is 0 Å². The molecule has 0 saturated heterocycles. The molecule has 1 aromatic carbocycles. The first-order chi connectivity index (χ1) is 11.7. The highest BCUT2D eigenvalue weighted by Crippen LogP contribution is 2.36. The van der Waals surface area contributed by atoms with Crippen molar-refractivity contribution in [3.8, 4) is 22.8 Å². The van der Waals surface area contributed by atoms with E-state index in [0.717, 1.165) is 50.6 Å². The van der Waals surface area contributed by atoms with E-state index in [1.807, 2.05) is 18.2 Å². The summed E-state index contributed by atoms with van der Waals surface area (Å²) >= 11 is 3.60. The fourth-order valence-corrected chi connectivity index (χ4v) is 3.33. The van der Waals surface area contributed by atoms with Gasteiger partial charge in [0.15, 0.2) is 11.5 Å². The lowest BCUT2D eigenvalue weighted by Crippen LogP contribution is -2.15. The van der Waals surface area contributed by atoms with Crippen molar-refractivity contribution in [1.29, 1.82) is 0 Å². The van der Waals surface area contributed by atoms with E-state index in [0.29, 0.717) is 19.8 Å². The highest BCUT2D eigenvalue weighted by Gasteiger charge is 2.18. The molecule has 5 nitrogen and oxygen atoms in total. The lowest BCUT2D eigenvalue weighted by molar-refractivity contribution is 0.171. The van der Waals surface area contributed by atoms with Gasteiger partial charge in [-0.2, -0.15) is 0 Å². The van der Waals surface area contributed by atoms with Crippen LogP contribution in [0.1, 0.15) is 11.3 Å². The van der Waals surface area contributed by atoms with E-state index >= 15 is 0 Å². The predicted octanol–water partition coefficient (Wildman–Crippen LogP) is 3.34. The number of nitrogens with two attached hydrogens (primary N) is 1. The number of rotatable bonds is 3. The van der Waals surface area contributed by atoms with Gasteiger partial charge in [-0.1, -0.05) is 0 Å². The minimum absolute atomic E-state index is 0.566. The van der Waals surface area contributed by atoms with Crippen molar-refractivity contribution in [3.63, 3.8) is 0 Å². The van der Waals surface area contributed by atoms with E-state index in [2.05, 4.69) is 39.5 Å². The van der Waals surface area contributed by atoms with Crippen LogP contribution >= 0.6 is 15.9 Å². The Morgan fingerprint density at radius 2 is 2.00 bits per heavy atom. The Bertz CT molecular complexity index is 920. The molecule has 0 unspecified atom stereocenters. The summed E-state index contributed by atoms with van der Waals surface area (Å²) in [7, 11) is 0. The molecule has 3 heterocycles. The molecule has 24 heavy (non-hydrogen) atoms. The molecule has 1 aliphatic heterocycles. The monoisotopic (exact) mass is 387 g/mol. The number of nitrogens with zero attached hydrogens (tertiary/aromatic N) is 2. The third-order valence-electron chi connectivity index (χ3n) is 4.20. The van der Waals surface area contributed by atoms with Crippen molar-refractivity contribution in [1.82, 2.24) is 9.38 Å². The van der Waals surface area contributed by atoms with E-state index < -0.39 is 0 Å². The molecule has 0 aliphatic carbocycles. The Hall–Kier alpha value is -2.05. The van der Waals surface area contributed by atoms with E-state index in [9.17, 15) is 0 Å². The minimum atomic E-state index is 0.566. The average molecular weight is 388 g/mol. The largest absolute Gasteiger partial charge is 0.486 e. The zero-order valence-corrected chi connectivity index (χ0v) is 15.0. The highest BCUT2D eigenvalue weighted by atomic mass is 79.9. The van der Waals surface area contributed by atoms with Crippen LogP contribution in [0, 0.1) is 6.92 Å². The third-order valence-corrected chi connectivity index (χ3v) is 5.03. The smallest absolute Gasteiger partial charge is 0.162 e. The molecule has 6 heteroatoms. The second-order valence-electron chi connectivity index (χ2n) is 5.84. The van der Waals surface area contributed by atoms with Crippen molar-refractivity contribution < 1.29 is 9.47 Å². The maximum Gasteiger partial charge on any atom is 0.162 e. The van der Waals surface area contributed by atoms with Gasteiger partial charge in [-0.25, -0.2) is 4.98 Å². The second-order valence-corrected chi connectivity index (χ2v) is 6.69. The molecule has 2 N–H and O–H groups in total. The fraction of sp³-hybridized carbons (Fsp3) is 0.278. The first kappa shape index (κ1) is 15.5. The molecule has 0 spiro atoms. The average Bonchev–Trinajstić information content (AvgIpc) is 2.93. The van der Waals surface area contributed by atoms with Gasteiger partial charge >= 0.3 is 0 Å². The molecule has 3 aromatic rings. The highest BCUT2D eigenvalue weighted by molar-refractivity contribution is 9.10. The van der Waals surface area contributed by atoms with Crippen LogP contribution in [-0.2, 0) is 6.42 Å². The number of ether oxygens (including phenoxy) is 2. The van der Waals surface area contributed by atoms with Crippen molar-refractivity contribution in [2.45, 2.75) is 13.3 Å². The summed E-state index contributed by atoms with van der Waals surface area (Å²) in [6, 6.07) is 8.04. The molecule has 0 fully saturated rings. The van der Waals surface area contributed by atoms with Crippen LogP contribution in [0.25, 0.3) is 16.9 Å². The van der Waals surface area contributed by atoms with Crippen LogP contribution in [-0.4, -0.2) is 29.1 Å². The molecule has 0 amide bonds. The maximum absolute atomic E-state index is 5.84. The van der Waals surface area contributed by atoms with Crippen LogP contribution in [0.4, 0.5) is 0 Å². The fourth-order valence-electron chi connectivity index (χ4n) is 3.01. The van der Waals surface area contributed by atoms with Crippen molar-refractivity contribution in [2.75, 3.05) is 19.8 Å². The Labute approximate surface area is 148 Å². The van der Waals surface area contributed by atoms with Gasteiger partial charge in [0, 0.05) is 22.7 Å². The number of imidazole rings is 1. The molecule has 0 saturated carbocycles. The standard InChI is InChI=1S/C18H18BrN3O2/c1-11-8-17-21-18(14(4-5-20)22(17)10-13(11)19)12-2-3-15-16(9-12)24-7-6-23-15/h2-3,8-10H,4-7,20H2,1H3. The summed E-state index contributed by atoms with van der Waals surface area (Å²) < 4.78 is 14.5. The molecule has 0 bridgehead atoms. The summed E-state index contributed by atoms with van der Waals surface area (Å²) in [5.74, 6) is 1.56. The number of fused-ring (bicyclic) bond motifs is 2. The van der Waals surface area contributed by atoms with Gasteiger partial charge in [0.1, 0.15) is 18.9 Å². The normalized spacial score (nSPS) is 13.5. The molecule has 124 valence electrons. The third kappa shape index (κ3) is 2.56. The summed E-state index contributed by atoms with van der Waals surface area (Å²) in [4.78, 5) is 4.84. The van der Waals surface area contributed by atoms with Crippen molar-refractivity contribution >= 4 is 21.6 Å². The molecular formula is C18H18BrN3O2. The predicted molar refractivity (Wildman–Crippen MR) is 96.8 cm³/mol. The molecule has 0 radical (unpaired) electrons. The number of halogens is 1. The van der Waals surface area contributed by atoms with Crippen LogP contribution in [0.3, 0.4) is 0 Å². The lowest BCUT2D eigenvalue weighted by Gasteiger charge is -2.18. The van der Waals surface area contributed by atoms with Crippen LogP contribution in [0.15, 0.2) is 34.9 Å². The summed E-state index contributed by atoms with van der Waals surface area (Å²) in [5.41, 5.74) is 11.0. The number of pyridine rings is 1. The van der Waals surface area contributed by atoms with E-state index in [1.54, 1.807) is 0 Å². The van der Waals surface area contributed by atoms with E-state index in [4.69, 9.17) is 20.2 Å². The topological polar surface area (TPSA) is 61.8 Å². The molecule has 1 aliphatic rings. The zero-order chi connectivity index (χ0) is 16.7. The summed E-state index contributed by atoms with van der Waals surface area (Å²) in [5, 5.41) is 0. The number of aryl methyl sites for hydroxylation is 1. The number of aromatic nitrogens is 2. The molecular weight excluding hydrogens is 370 g/mol. The minimum Gasteiger partial charge on any atom is -0.486 e. The first-order valence-corrected chi connectivity index (χ1v) is 8.74. The quantitative estimate of drug-likeness (QED) is 0.748. The van der Waals surface area contributed by atoms with Crippen molar-refractivity contribution in [2.24, 2.45) is 5.73 Å². The lowest BCUT2D eigenvalue weighted by atomic mass is 10.1. The Morgan fingerprint density at radius 3 is 2.79 bits per heavy atom. The SMILES string of the molecule is Cc1cc2nc(-c3ccc4c(c3)OCCO4)c(CCN)n2cc1Br. The summed E-state index contributed by atoms with van der Waals surface area (Å²) in [6.45, 7) is 3.79. The second kappa shape index (κ2) is 6.11. The van der Waals surface area contributed by atoms with Crippen molar-refractivity contribution in [3.05, 3.63) is 46.2 Å². The summed E-state index contributed by atoms with van der Waals surface area (Å²) in [6.07, 6.45) is 2.81. The maximum atomic E-state index is 5.84. The van der Waals surface area contributed by atoms with Gasteiger partial charge in [0.25, 0.3) is 0 Å². The Kier molecular flexibility index (Phi) is 3.94. The number of hydrogen-bond donors (Lipinski definition) is 1. The van der Waals surface area contributed by atoms with Crippen LogP contribution in [0.2, 0.25) is 0 Å². The Balaban J connectivity index is 1.90. The van der Waals surface area contributed by atoms with Gasteiger partial charge in [-0.05, 0) is 59.2 Å². The zero-order valence-electron chi connectivity index (χ0n) is 13.4. The molecule has 4 rings (SSSR count). The van der Waals surface area contributed by atoms with Crippen LogP contribution in [0.5, 0.6) is 11.5 Å². The first-order valence-electron chi connectivity index (χ1n) is 7.94. The van der Waals surface area contributed by atoms with E-state index in [1.165, 1.54) is 0 Å². The van der Waals surface area contributed by atoms with Gasteiger partial charge in [0.05, 0.1) is 11.4 Å². The van der Waals surface area contributed by atoms with Gasteiger partial charge in [-0.3, -0.25) is 0 Å². The molecule has 2 aromatic heterocycles. The van der Waals surface area contributed by atoms with Gasteiger partial charge < -0.3 is 19.6 Å². The number of hydrogen-bond acceptors (Lipinski definition) is 4. The van der Waals surface area contributed by atoms with E-state index in [-0.39, 0.29) is 0 Å². The number of benzene rings is 1. The Morgan fingerprint density at radius 1 is 1.21 bits per heavy atom. The van der Waals surface area contributed by atoms with Crippen LogP contribution < -0.4 is 15.2 Å². The van der Waals surface area contributed by atoms with Gasteiger partial charge in [0.2, 0.25) is 0 Å². The molecule has 0 atom stereocenters.